The van der Waals surface area contributed by atoms with Crippen LogP contribution in [-0.4, -0.2) is 51.3 Å². The van der Waals surface area contributed by atoms with Crippen molar-refractivity contribution in [2.45, 2.75) is 196 Å². The van der Waals surface area contributed by atoms with Gasteiger partial charge in [-0.05, 0) is 102 Å². The van der Waals surface area contributed by atoms with E-state index in [0.29, 0.717) is 20.2 Å². The molecular weight excluding hydrogens is 689 g/mol. The van der Waals surface area contributed by atoms with Crippen molar-refractivity contribution in [2.24, 2.45) is 0 Å². The van der Waals surface area contributed by atoms with E-state index in [2.05, 4.69) is 190 Å². The van der Waals surface area contributed by atoms with E-state index in [1.165, 1.54) is 43.8 Å². The Morgan fingerprint density at radius 2 is 0.604 bits per heavy atom. The smallest absolute Gasteiger partial charge is 0.283 e. The third-order valence-electron chi connectivity index (χ3n) is 9.96. The Hall–Kier alpha value is -0.406. The predicted molar refractivity (Wildman–Crippen MR) is 229 cm³/mol. The van der Waals surface area contributed by atoms with E-state index in [0.717, 1.165) is 0 Å². The Labute approximate surface area is 318 Å². The van der Waals surface area contributed by atoms with E-state index in [9.17, 15) is 0 Å². The van der Waals surface area contributed by atoms with Crippen LogP contribution in [0, 0.1) is 27.7 Å². The summed E-state index contributed by atoms with van der Waals surface area (Å²) in [6, 6.07) is 9.45. The molecule has 0 bridgehead atoms. The Balaban J connectivity index is 0. The van der Waals surface area contributed by atoms with E-state index in [4.69, 9.17) is 4.43 Å². The molecule has 5 heteroatoms. The molecule has 0 heterocycles. The molecule has 2 aromatic rings. The van der Waals surface area contributed by atoms with Gasteiger partial charge >= 0.3 is 0 Å². The molecule has 0 fully saturated rings. The number of aryl methyl sites for hydroxylation is 4. The molecule has 0 atom stereocenters. The fraction of sp³-hybridized carbons (Fsp3) is 0.721. The van der Waals surface area contributed by atoms with Crippen molar-refractivity contribution in [1.82, 2.24) is 0 Å². The van der Waals surface area contributed by atoms with Gasteiger partial charge in [-0.15, -0.1) is 0 Å². The first kappa shape index (κ1) is 49.7. The van der Waals surface area contributed by atoms with Crippen LogP contribution in [0.15, 0.2) is 24.3 Å². The molecule has 273 valence electrons. The van der Waals surface area contributed by atoms with Gasteiger partial charge in [-0.1, -0.05) is 162 Å². The van der Waals surface area contributed by atoms with Gasteiger partial charge in [0.1, 0.15) is 0 Å². The second-order valence-corrected chi connectivity index (χ2v) is 30.8. The maximum absolute atomic E-state index is 6.20. The molecule has 0 aliphatic carbocycles. The Morgan fingerprint density at radius 1 is 0.417 bits per heavy atom. The Morgan fingerprint density at radius 3 is 0.708 bits per heavy atom. The molecule has 1 nitrogen and oxygen atoms in total. The Kier molecular flexibility index (Phi) is 18.5. The monoisotopic (exact) mass is 769 g/mol. The summed E-state index contributed by atoms with van der Waals surface area (Å²) in [7, 11) is 0.153. The minimum atomic E-state index is -1.28. The van der Waals surface area contributed by atoms with Gasteiger partial charge in [-0.3, -0.25) is 0 Å². The summed E-state index contributed by atoms with van der Waals surface area (Å²) in [5.74, 6) is 0. The second kappa shape index (κ2) is 17.9. The molecule has 0 saturated heterocycles. The van der Waals surface area contributed by atoms with Gasteiger partial charge in [0.2, 0.25) is 0 Å². The molecule has 7 radical (unpaired) electrons. The van der Waals surface area contributed by atoms with Gasteiger partial charge in [0, 0.05) is 24.7 Å². The minimum absolute atomic E-state index is 0. The molecule has 0 N–H and O–H groups in total. The van der Waals surface area contributed by atoms with Crippen LogP contribution in [0.1, 0.15) is 158 Å². The van der Waals surface area contributed by atoms with E-state index >= 15 is 0 Å². The fourth-order valence-corrected chi connectivity index (χ4v) is 13.0. The van der Waals surface area contributed by atoms with Crippen LogP contribution in [0.4, 0.5) is 0 Å². The van der Waals surface area contributed by atoms with Gasteiger partial charge in [0.15, 0.2) is 0 Å². The summed E-state index contributed by atoms with van der Waals surface area (Å²) in [5.41, 5.74) is 8.54. The summed E-state index contributed by atoms with van der Waals surface area (Å²) in [5, 5.41) is 4.99. The van der Waals surface area contributed by atoms with Crippen LogP contribution in [0.5, 0.6) is 0 Å². The maximum atomic E-state index is 6.20. The Bertz CT molecular complexity index is 1110. The van der Waals surface area contributed by atoms with Crippen molar-refractivity contribution >= 4 is 54.6 Å². The predicted octanol–water partition coefficient (Wildman–Crippen LogP) is 12.3. The largest absolute Gasteiger partial charge is 0.411 e. The second-order valence-electron chi connectivity index (χ2n) is 20.3. The third kappa shape index (κ3) is 15.1. The number of hydrogen-bond donors (Lipinski definition) is 0. The molecular formula is C43H79GeOSi3. The first-order chi connectivity index (χ1) is 20.6. The van der Waals surface area contributed by atoms with Crippen LogP contribution < -0.4 is 10.4 Å². The summed E-state index contributed by atoms with van der Waals surface area (Å²) in [6.07, 6.45) is 0. The number of rotatable bonds is 3. The van der Waals surface area contributed by atoms with Crippen molar-refractivity contribution in [3.8, 4) is 0 Å². The summed E-state index contributed by atoms with van der Waals surface area (Å²) in [6.45, 7) is 55.8. The van der Waals surface area contributed by atoms with Crippen molar-refractivity contribution in [3.05, 3.63) is 57.6 Å². The minimum Gasteiger partial charge on any atom is -0.411 e. The molecule has 0 spiro atoms. The molecule has 0 aliphatic rings. The van der Waals surface area contributed by atoms with Crippen LogP contribution in [-0.2, 0) is 15.3 Å². The summed E-state index contributed by atoms with van der Waals surface area (Å²) in [4.78, 5) is 0. The molecule has 2 rings (SSSR count). The summed E-state index contributed by atoms with van der Waals surface area (Å²) < 4.78 is 6.20. The SMILES string of the molecule is CO[Si](c1c(C)cc(C(C)(C)C)cc1C)c1c(C)cc(C(C)(C)C)cc1C.C[Si](C(C)(C)C)C(C)(C)C.C[Si](C(C)(C)C)C(C)(C)C.[Ge]. The first-order valence-electron chi connectivity index (χ1n) is 17.9. The zero-order chi connectivity index (χ0) is 37.9. The first-order valence-corrected chi connectivity index (χ1v) is 23.3. The molecule has 2 aromatic carbocycles. The van der Waals surface area contributed by atoms with E-state index < -0.39 is 9.04 Å². The van der Waals surface area contributed by atoms with Crippen LogP contribution in [0.25, 0.3) is 0 Å². The van der Waals surface area contributed by atoms with Crippen molar-refractivity contribution < 1.29 is 4.43 Å². The topological polar surface area (TPSA) is 9.23 Å². The number of benzene rings is 2. The van der Waals surface area contributed by atoms with Gasteiger partial charge in [0.05, 0.1) is 17.6 Å². The zero-order valence-corrected chi connectivity index (χ0v) is 41.8. The van der Waals surface area contributed by atoms with Crippen molar-refractivity contribution in [2.75, 3.05) is 7.11 Å². The van der Waals surface area contributed by atoms with Crippen molar-refractivity contribution in [3.63, 3.8) is 0 Å². The number of hydrogen-bond acceptors (Lipinski definition) is 1. The van der Waals surface area contributed by atoms with Crippen molar-refractivity contribution in [1.29, 1.82) is 0 Å². The quantitative estimate of drug-likeness (QED) is 0.283. The van der Waals surface area contributed by atoms with Crippen LogP contribution in [0.3, 0.4) is 0 Å². The molecule has 0 unspecified atom stereocenters. The van der Waals surface area contributed by atoms with E-state index in [-0.39, 0.29) is 46.0 Å². The van der Waals surface area contributed by atoms with Gasteiger partial charge in [0.25, 0.3) is 9.04 Å². The molecule has 0 amide bonds. The van der Waals surface area contributed by atoms with Gasteiger partial charge < -0.3 is 4.43 Å². The zero-order valence-electron chi connectivity index (χ0n) is 36.7. The normalized spacial score (nSPS) is 13.2. The molecule has 48 heavy (non-hydrogen) atoms. The van der Waals surface area contributed by atoms with E-state index in [1.54, 1.807) is 0 Å². The van der Waals surface area contributed by atoms with Crippen LogP contribution >= 0.6 is 0 Å². The molecule has 0 aliphatic heterocycles. The average molecular weight is 769 g/mol. The van der Waals surface area contributed by atoms with Crippen LogP contribution in [0.2, 0.25) is 33.2 Å². The standard InChI is InChI=1S/C25H37OSi.2C9H21Si.Ge/c1-16-12-20(24(5,6)7)13-17(2)22(16)27(26-11)23-18(3)14-21(15-19(23)4)25(8,9)10;2*1-8(2,3)10(7)9(4,5)6;/h12-15H,1-11H3;2*1-7H3;. The average Bonchev–Trinajstić information content (AvgIpc) is 2.83. The third-order valence-corrected chi connectivity index (χ3v) is 21.8. The fourth-order valence-electron chi connectivity index (χ4n) is 6.09. The summed E-state index contributed by atoms with van der Waals surface area (Å²) >= 11 is 0. The van der Waals surface area contributed by atoms with Gasteiger partial charge in [-0.2, -0.15) is 0 Å². The van der Waals surface area contributed by atoms with E-state index in [1.807, 2.05) is 7.11 Å². The molecule has 0 saturated carbocycles. The maximum Gasteiger partial charge on any atom is 0.283 e. The molecule has 0 aromatic heterocycles. The van der Waals surface area contributed by atoms with Gasteiger partial charge in [-0.25, -0.2) is 0 Å².